The van der Waals surface area contributed by atoms with E-state index >= 15 is 0 Å². The highest BCUT2D eigenvalue weighted by Gasteiger charge is 2.42. The van der Waals surface area contributed by atoms with Crippen molar-refractivity contribution in [2.45, 2.75) is 31.1 Å². The van der Waals surface area contributed by atoms with E-state index in [4.69, 9.17) is 11.5 Å². The van der Waals surface area contributed by atoms with Gasteiger partial charge in [0.25, 0.3) is 0 Å². The molecule has 0 heterocycles. The zero-order valence-electron chi connectivity index (χ0n) is 12.9. The third-order valence-electron chi connectivity index (χ3n) is 4.77. The van der Waals surface area contributed by atoms with Gasteiger partial charge in [-0.25, -0.2) is 0 Å². The first-order chi connectivity index (χ1) is 11.0. The number of hydrogen-bond donors (Lipinski definition) is 2. The quantitative estimate of drug-likeness (QED) is 0.859. The molecule has 4 heteroatoms. The number of primary amides is 2. The summed E-state index contributed by atoms with van der Waals surface area (Å²) in [5, 5.41) is 0. The van der Waals surface area contributed by atoms with E-state index in [1.165, 1.54) is 0 Å². The minimum atomic E-state index is -0.378. The van der Waals surface area contributed by atoms with Gasteiger partial charge in [0.1, 0.15) is 0 Å². The molecule has 0 unspecified atom stereocenters. The van der Waals surface area contributed by atoms with Crippen LogP contribution in [0.4, 0.5) is 0 Å². The Morgan fingerprint density at radius 2 is 1.13 bits per heavy atom. The highest BCUT2D eigenvalue weighted by Crippen LogP contribution is 2.53. The summed E-state index contributed by atoms with van der Waals surface area (Å²) in [7, 11) is 0. The van der Waals surface area contributed by atoms with Gasteiger partial charge in [0.2, 0.25) is 11.8 Å². The lowest BCUT2D eigenvalue weighted by Gasteiger charge is -2.31. The Bertz CT molecular complexity index is 702. The van der Waals surface area contributed by atoms with Crippen LogP contribution in [-0.4, -0.2) is 11.8 Å². The van der Waals surface area contributed by atoms with Crippen molar-refractivity contribution in [3.63, 3.8) is 0 Å². The minimum absolute atomic E-state index is 0.279. The van der Waals surface area contributed by atoms with Gasteiger partial charge in [-0.3, -0.25) is 9.59 Å². The summed E-state index contributed by atoms with van der Waals surface area (Å²) in [6.45, 7) is 0. The van der Waals surface area contributed by atoms with E-state index in [1.54, 1.807) is 0 Å². The normalized spacial score (nSPS) is 14.1. The first-order valence-electron chi connectivity index (χ1n) is 7.80. The Morgan fingerprint density at radius 3 is 1.52 bits per heavy atom. The van der Waals surface area contributed by atoms with Gasteiger partial charge in [-0.15, -0.1) is 0 Å². The fourth-order valence-electron chi connectivity index (χ4n) is 3.75. The predicted octanol–water partition coefficient (Wildman–Crippen LogP) is 2.48. The molecule has 0 atom stereocenters. The fourth-order valence-corrected chi connectivity index (χ4v) is 3.75. The van der Waals surface area contributed by atoms with Crippen LogP contribution in [0.5, 0.6) is 0 Å². The second-order valence-electron chi connectivity index (χ2n) is 6.11. The van der Waals surface area contributed by atoms with Crippen molar-refractivity contribution in [3.8, 4) is 11.1 Å². The number of rotatable bonds is 6. The van der Waals surface area contributed by atoms with Crippen LogP contribution < -0.4 is 11.5 Å². The topological polar surface area (TPSA) is 86.2 Å². The van der Waals surface area contributed by atoms with Crippen LogP contribution in [0.1, 0.15) is 36.8 Å². The van der Waals surface area contributed by atoms with Crippen LogP contribution in [0.2, 0.25) is 0 Å². The minimum Gasteiger partial charge on any atom is -0.370 e. The number of amides is 2. The highest BCUT2D eigenvalue weighted by molar-refractivity contribution is 5.82. The zero-order valence-corrected chi connectivity index (χ0v) is 12.9. The molecule has 2 amide bonds. The molecule has 0 bridgehead atoms. The van der Waals surface area contributed by atoms with Crippen LogP contribution >= 0.6 is 0 Å². The Labute approximate surface area is 135 Å². The molecule has 0 aliphatic heterocycles. The van der Waals surface area contributed by atoms with Gasteiger partial charge in [0.05, 0.1) is 0 Å². The predicted molar refractivity (Wildman–Crippen MR) is 89.5 cm³/mol. The molecule has 2 aromatic rings. The van der Waals surface area contributed by atoms with Gasteiger partial charge in [-0.1, -0.05) is 48.5 Å². The van der Waals surface area contributed by atoms with Crippen LogP contribution in [0.3, 0.4) is 0 Å². The molecule has 1 aliphatic carbocycles. The molecular weight excluding hydrogens is 288 g/mol. The maximum Gasteiger partial charge on any atom is 0.217 e. The SMILES string of the molecule is NC(=O)CCC1(CCC(N)=O)c2ccccc2-c2ccccc21. The van der Waals surface area contributed by atoms with Crippen molar-refractivity contribution < 1.29 is 9.59 Å². The van der Waals surface area contributed by atoms with E-state index in [9.17, 15) is 9.59 Å². The van der Waals surface area contributed by atoms with Crippen LogP contribution in [0.15, 0.2) is 48.5 Å². The van der Waals surface area contributed by atoms with Crippen LogP contribution in [0.25, 0.3) is 11.1 Å². The molecule has 0 fully saturated rings. The van der Waals surface area contributed by atoms with Gasteiger partial charge in [0.15, 0.2) is 0 Å². The number of carbonyl (C=O) groups excluding carboxylic acids is 2. The lowest BCUT2D eigenvalue weighted by Crippen LogP contribution is -2.29. The van der Waals surface area contributed by atoms with Gasteiger partial charge < -0.3 is 11.5 Å². The molecule has 3 rings (SSSR count). The fraction of sp³-hybridized carbons (Fsp3) is 0.263. The van der Waals surface area contributed by atoms with E-state index < -0.39 is 0 Å². The van der Waals surface area contributed by atoms with Crippen molar-refractivity contribution in [2.75, 3.05) is 0 Å². The Kier molecular flexibility index (Phi) is 3.90. The third-order valence-corrected chi connectivity index (χ3v) is 4.77. The summed E-state index contributed by atoms with van der Waals surface area (Å²) in [6, 6.07) is 16.3. The largest absolute Gasteiger partial charge is 0.370 e. The maximum absolute atomic E-state index is 11.4. The van der Waals surface area contributed by atoms with Gasteiger partial charge in [-0.05, 0) is 35.1 Å². The van der Waals surface area contributed by atoms with Crippen molar-refractivity contribution >= 4 is 11.8 Å². The van der Waals surface area contributed by atoms with Gasteiger partial charge >= 0.3 is 0 Å². The van der Waals surface area contributed by atoms with Crippen molar-refractivity contribution in [1.82, 2.24) is 0 Å². The summed E-state index contributed by atoms with van der Waals surface area (Å²) in [4.78, 5) is 22.8. The number of hydrogen-bond acceptors (Lipinski definition) is 2. The summed E-state index contributed by atoms with van der Waals surface area (Å²) in [5.41, 5.74) is 15.1. The lowest BCUT2D eigenvalue weighted by molar-refractivity contribution is -0.118. The molecule has 1 aliphatic rings. The summed E-state index contributed by atoms with van der Waals surface area (Å²) < 4.78 is 0. The first-order valence-corrected chi connectivity index (χ1v) is 7.80. The monoisotopic (exact) mass is 308 g/mol. The molecule has 0 spiro atoms. The molecule has 0 aromatic heterocycles. The Hall–Kier alpha value is -2.62. The molecule has 0 saturated carbocycles. The van der Waals surface area contributed by atoms with Crippen molar-refractivity contribution in [3.05, 3.63) is 59.7 Å². The number of nitrogens with two attached hydrogens (primary N) is 2. The second-order valence-corrected chi connectivity index (χ2v) is 6.11. The smallest absolute Gasteiger partial charge is 0.217 e. The molecule has 0 radical (unpaired) electrons. The van der Waals surface area contributed by atoms with Crippen LogP contribution in [0, 0.1) is 0 Å². The standard InChI is InChI=1S/C19H20N2O2/c20-17(22)9-11-19(12-10-18(21)23)15-7-3-1-5-13(15)14-6-2-4-8-16(14)19/h1-8H,9-12H2,(H2,20,22)(H2,21,23). The molecule has 4 N–H and O–H groups in total. The molecule has 23 heavy (non-hydrogen) atoms. The molecular formula is C19H20N2O2. The molecule has 4 nitrogen and oxygen atoms in total. The Morgan fingerprint density at radius 1 is 0.739 bits per heavy atom. The average Bonchev–Trinajstić information content (AvgIpc) is 2.82. The molecule has 2 aromatic carbocycles. The van der Waals surface area contributed by atoms with Crippen molar-refractivity contribution in [1.29, 1.82) is 0 Å². The highest BCUT2D eigenvalue weighted by atomic mass is 16.1. The second kappa shape index (κ2) is 5.88. The van der Waals surface area contributed by atoms with E-state index in [2.05, 4.69) is 24.3 Å². The summed E-state index contributed by atoms with van der Waals surface area (Å²) in [6.07, 6.45) is 1.73. The van der Waals surface area contributed by atoms with E-state index in [-0.39, 0.29) is 30.1 Å². The zero-order chi connectivity index (χ0) is 16.4. The summed E-state index contributed by atoms with van der Waals surface area (Å²) in [5.74, 6) is -0.657. The molecule has 118 valence electrons. The Balaban J connectivity index is 2.16. The van der Waals surface area contributed by atoms with Gasteiger partial charge in [0, 0.05) is 18.3 Å². The van der Waals surface area contributed by atoms with Crippen molar-refractivity contribution in [2.24, 2.45) is 11.5 Å². The summed E-state index contributed by atoms with van der Waals surface area (Å²) >= 11 is 0. The van der Waals surface area contributed by atoms with E-state index in [0.29, 0.717) is 12.8 Å². The number of benzene rings is 2. The first kappa shape index (κ1) is 15.3. The molecule has 0 saturated heterocycles. The van der Waals surface area contributed by atoms with Gasteiger partial charge in [-0.2, -0.15) is 0 Å². The lowest BCUT2D eigenvalue weighted by atomic mass is 9.71. The van der Waals surface area contributed by atoms with E-state index in [0.717, 1.165) is 22.3 Å². The number of carbonyl (C=O) groups is 2. The van der Waals surface area contributed by atoms with E-state index in [1.807, 2.05) is 24.3 Å². The number of fused-ring (bicyclic) bond motifs is 3. The average molecular weight is 308 g/mol. The maximum atomic E-state index is 11.4. The third kappa shape index (κ3) is 2.61. The van der Waals surface area contributed by atoms with Crippen LogP contribution in [-0.2, 0) is 15.0 Å².